The fraction of sp³-hybridized carbons (Fsp3) is 0.257. The van der Waals surface area contributed by atoms with Crippen LogP contribution in [0.5, 0.6) is 0 Å². The Balaban J connectivity index is 1.59. The molecule has 1 fully saturated rings. The molecule has 0 bridgehead atoms. The molecular formula is C35H33Cl4N3O4S. The van der Waals surface area contributed by atoms with Crippen LogP contribution in [0.4, 0.5) is 5.69 Å². The number of sulfonamides is 1. The Kier molecular flexibility index (Phi) is 11.7. The summed E-state index contributed by atoms with van der Waals surface area (Å²) in [5.41, 5.74) is 1.43. The average molecular weight is 734 g/mol. The van der Waals surface area contributed by atoms with Gasteiger partial charge in [-0.1, -0.05) is 102 Å². The van der Waals surface area contributed by atoms with Crippen LogP contribution in [-0.2, 0) is 32.6 Å². The summed E-state index contributed by atoms with van der Waals surface area (Å²) in [4.78, 5) is 30.1. The van der Waals surface area contributed by atoms with E-state index in [1.54, 1.807) is 36.4 Å². The van der Waals surface area contributed by atoms with Crippen LogP contribution in [0.1, 0.15) is 36.8 Å². The van der Waals surface area contributed by atoms with Crippen LogP contribution in [0, 0.1) is 0 Å². The highest BCUT2D eigenvalue weighted by Gasteiger charge is 2.36. The van der Waals surface area contributed by atoms with E-state index in [0.717, 1.165) is 35.6 Å². The van der Waals surface area contributed by atoms with Gasteiger partial charge in [0.05, 0.1) is 10.6 Å². The Morgan fingerprint density at radius 1 is 0.787 bits per heavy atom. The molecule has 1 unspecified atom stereocenters. The number of nitrogens with one attached hydrogen (secondary N) is 1. The third-order valence-electron chi connectivity index (χ3n) is 8.14. The minimum atomic E-state index is -4.31. The SMILES string of the molecule is O=C(NC1CCCC1)C(Cc1ccccc1)N(Cc1c(Cl)cccc1Cl)C(=O)CN(c1cccc(Cl)c1)S(=O)(=O)c1ccc(Cl)cc1. The maximum atomic E-state index is 14.6. The van der Waals surface area contributed by atoms with E-state index in [1.165, 1.54) is 35.2 Å². The number of nitrogens with zero attached hydrogens (tertiary/aromatic N) is 2. The van der Waals surface area contributed by atoms with Crippen molar-refractivity contribution in [1.82, 2.24) is 10.2 Å². The number of carbonyl (C=O) groups is 2. The maximum Gasteiger partial charge on any atom is 0.264 e. The fourth-order valence-electron chi connectivity index (χ4n) is 5.67. The van der Waals surface area contributed by atoms with Crippen LogP contribution in [0.25, 0.3) is 0 Å². The molecule has 0 spiro atoms. The molecular weight excluding hydrogens is 700 g/mol. The van der Waals surface area contributed by atoms with Crippen LogP contribution in [0.2, 0.25) is 20.1 Å². The molecule has 0 radical (unpaired) electrons. The molecule has 1 aliphatic carbocycles. The molecule has 0 aromatic heterocycles. The molecule has 4 aromatic rings. The molecule has 5 rings (SSSR count). The molecule has 1 saturated carbocycles. The van der Waals surface area contributed by atoms with Gasteiger partial charge in [-0.15, -0.1) is 0 Å². The zero-order valence-corrected chi connectivity index (χ0v) is 29.1. The summed E-state index contributed by atoms with van der Waals surface area (Å²) in [6.07, 6.45) is 3.87. The van der Waals surface area contributed by atoms with Gasteiger partial charge in [-0.25, -0.2) is 8.42 Å². The van der Waals surface area contributed by atoms with Crippen LogP contribution in [-0.4, -0.2) is 43.8 Å². The van der Waals surface area contributed by atoms with Gasteiger partial charge in [0.1, 0.15) is 12.6 Å². The number of halogens is 4. The highest BCUT2D eigenvalue weighted by molar-refractivity contribution is 7.92. The van der Waals surface area contributed by atoms with Gasteiger partial charge in [0.15, 0.2) is 0 Å². The maximum absolute atomic E-state index is 14.6. The van der Waals surface area contributed by atoms with Gasteiger partial charge >= 0.3 is 0 Å². The quantitative estimate of drug-likeness (QED) is 0.159. The van der Waals surface area contributed by atoms with E-state index in [0.29, 0.717) is 20.6 Å². The van der Waals surface area contributed by atoms with Gasteiger partial charge in [0, 0.05) is 44.7 Å². The molecule has 1 aliphatic rings. The lowest BCUT2D eigenvalue weighted by molar-refractivity contribution is -0.140. The minimum Gasteiger partial charge on any atom is -0.352 e. The predicted octanol–water partition coefficient (Wildman–Crippen LogP) is 8.19. The first-order chi connectivity index (χ1) is 22.5. The summed E-state index contributed by atoms with van der Waals surface area (Å²) in [6, 6.07) is 25.2. The van der Waals surface area contributed by atoms with Crippen molar-refractivity contribution in [1.29, 1.82) is 0 Å². The van der Waals surface area contributed by atoms with E-state index in [9.17, 15) is 18.0 Å². The van der Waals surface area contributed by atoms with Gasteiger partial charge in [-0.05, 0) is 73.0 Å². The summed E-state index contributed by atoms with van der Waals surface area (Å²) in [7, 11) is -4.31. The van der Waals surface area contributed by atoms with Crippen LogP contribution < -0.4 is 9.62 Å². The van der Waals surface area contributed by atoms with Crippen LogP contribution >= 0.6 is 46.4 Å². The Morgan fingerprint density at radius 2 is 1.43 bits per heavy atom. The summed E-state index contributed by atoms with van der Waals surface area (Å²) in [5, 5.41) is 4.40. The van der Waals surface area contributed by atoms with Gasteiger partial charge in [-0.2, -0.15) is 0 Å². The van der Waals surface area contributed by atoms with E-state index < -0.39 is 28.5 Å². The molecule has 47 heavy (non-hydrogen) atoms. The van der Waals surface area contributed by atoms with Crippen molar-refractivity contribution in [2.45, 2.75) is 55.6 Å². The summed E-state index contributed by atoms with van der Waals surface area (Å²) in [5.74, 6) is -0.979. The summed E-state index contributed by atoms with van der Waals surface area (Å²) in [6.45, 7) is -0.785. The second-order valence-corrected chi connectivity index (χ2v) is 14.9. The lowest BCUT2D eigenvalue weighted by atomic mass is 10.0. The summed E-state index contributed by atoms with van der Waals surface area (Å²) >= 11 is 25.5. The zero-order chi connectivity index (χ0) is 33.6. The third kappa shape index (κ3) is 8.80. The van der Waals surface area contributed by atoms with E-state index in [1.807, 2.05) is 30.3 Å². The number of amides is 2. The van der Waals surface area contributed by atoms with Crippen LogP contribution in [0.15, 0.2) is 102 Å². The first-order valence-electron chi connectivity index (χ1n) is 15.1. The fourth-order valence-corrected chi connectivity index (χ4v) is 7.90. The Labute approximate surface area is 295 Å². The normalized spacial score (nSPS) is 14.0. The smallest absolute Gasteiger partial charge is 0.264 e. The first kappa shape index (κ1) is 35.0. The van der Waals surface area contributed by atoms with Crippen molar-refractivity contribution >= 4 is 73.9 Å². The second-order valence-electron chi connectivity index (χ2n) is 11.4. The lowest BCUT2D eigenvalue weighted by Gasteiger charge is -2.34. The standard InChI is InChI=1S/C35H33Cl4N3O4S/c36-25-16-18-29(19-17-25)47(45,46)42(28-13-6-10-26(37)21-28)23-34(43)41(22-30-31(38)14-7-15-32(30)39)33(20-24-8-2-1-3-9-24)35(44)40-27-11-4-5-12-27/h1-3,6-10,13-19,21,27,33H,4-5,11-12,20,22-23H2,(H,40,44). The molecule has 246 valence electrons. The number of hydrogen-bond donors (Lipinski definition) is 1. The number of carbonyl (C=O) groups excluding carboxylic acids is 2. The predicted molar refractivity (Wildman–Crippen MR) is 189 cm³/mol. The van der Waals surface area contributed by atoms with Crippen LogP contribution in [0.3, 0.4) is 0 Å². The van der Waals surface area contributed by atoms with E-state index >= 15 is 0 Å². The van der Waals surface area contributed by atoms with Gasteiger partial charge < -0.3 is 10.2 Å². The van der Waals surface area contributed by atoms with Gasteiger partial charge in [0.2, 0.25) is 11.8 Å². The van der Waals surface area contributed by atoms with Crippen molar-refractivity contribution in [3.05, 3.63) is 128 Å². The Morgan fingerprint density at radius 3 is 2.06 bits per heavy atom. The minimum absolute atomic E-state index is 0.0186. The Hall–Kier alpha value is -3.27. The highest BCUT2D eigenvalue weighted by atomic mass is 35.5. The summed E-state index contributed by atoms with van der Waals surface area (Å²) < 4.78 is 29.3. The van der Waals surface area contributed by atoms with E-state index in [4.69, 9.17) is 46.4 Å². The first-order valence-corrected chi connectivity index (χ1v) is 18.1. The average Bonchev–Trinajstić information content (AvgIpc) is 3.56. The van der Waals surface area contributed by atoms with Crippen molar-refractivity contribution in [2.24, 2.45) is 0 Å². The molecule has 12 heteroatoms. The number of benzene rings is 4. The molecule has 0 aliphatic heterocycles. The molecule has 7 nitrogen and oxygen atoms in total. The van der Waals surface area contributed by atoms with Crippen molar-refractivity contribution < 1.29 is 18.0 Å². The van der Waals surface area contributed by atoms with Crippen molar-refractivity contribution in [2.75, 3.05) is 10.8 Å². The largest absolute Gasteiger partial charge is 0.352 e. The number of rotatable bonds is 12. The topological polar surface area (TPSA) is 86.8 Å². The van der Waals surface area contributed by atoms with E-state index in [-0.39, 0.29) is 40.5 Å². The zero-order valence-electron chi connectivity index (χ0n) is 25.3. The molecule has 2 amide bonds. The molecule has 1 atom stereocenters. The van der Waals surface area contributed by atoms with Gasteiger partial charge in [0.25, 0.3) is 10.0 Å². The molecule has 4 aromatic carbocycles. The third-order valence-corrected chi connectivity index (χ3v) is 11.1. The number of hydrogen-bond acceptors (Lipinski definition) is 4. The monoisotopic (exact) mass is 731 g/mol. The Bertz CT molecular complexity index is 1800. The second kappa shape index (κ2) is 15.8. The molecule has 0 heterocycles. The van der Waals surface area contributed by atoms with E-state index in [2.05, 4.69) is 5.32 Å². The van der Waals surface area contributed by atoms with Crippen molar-refractivity contribution in [3.63, 3.8) is 0 Å². The lowest BCUT2D eigenvalue weighted by Crippen LogP contribution is -2.54. The molecule has 1 N–H and O–H groups in total. The highest BCUT2D eigenvalue weighted by Crippen LogP contribution is 2.30. The van der Waals surface area contributed by atoms with Gasteiger partial charge in [-0.3, -0.25) is 13.9 Å². The molecule has 0 saturated heterocycles. The number of anilines is 1. The van der Waals surface area contributed by atoms with Crippen molar-refractivity contribution in [3.8, 4) is 0 Å².